The van der Waals surface area contributed by atoms with Gasteiger partial charge in [0, 0.05) is 60.8 Å². The average Bonchev–Trinajstić information content (AvgIpc) is 2.84. The first kappa shape index (κ1) is 24.0. The van der Waals surface area contributed by atoms with E-state index in [9.17, 15) is 9.90 Å². The number of aromatic nitrogens is 1. The zero-order valence-corrected chi connectivity index (χ0v) is 20.3. The Balaban J connectivity index is 1.65. The molecule has 0 spiro atoms. The van der Waals surface area contributed by atoms with Crippen molar-refractivity contribution < 1.29 is 9.90 Å². The van der Waals surface area contributed by atoms with Crippen LogP contribution in [0, 0.1) is 0 Å². The molecule has 7 nitrogen and oxygen atoms in total. The molecule has 3 rings (SSSR count). The second-order valence-electron chi connectivity index (χ2n) is 7.31. The number of carbonyl (C=O) groups is 1. The van der Waals surface area contributed by atoms with Gasteiger partial charge in [-0.1, -0.05) is 43.3 Å². The van der Waals surface area contributed by atoms with E-state index in [1.807, 2.05) is 54.2 Å². The molecule has 0 aliphatic rings. The third kappa shape index (κ3) is 6.18. The first-order valence-electron chi connectivity index (χ1n) is 10.4. The van der Waals surface area contributed by atoms with Crippen LogP contribution < -0.4 is 19.5 Å². The van der Waals surface area contributed by atoms with Crippen LogP contribution in [-0.2, 0) is 24.3 Å². The first-order chi connectivity index (χ1) is 15.5. The molecule has 0 saturated heterocycles. The molecule has 1 amide bonds. The maximum absolute atomic E-state index is 12.8. The molecule has 3 aromatic rings. The number of aliphatic hydroxyl groups excluding tert-OH is 1. The Labute approximate surface area is 202 Å². The molecule has 1 aromatic heterocycles. The Morgan fingerprint density at radius 2 is 1.81 bits per heavy atom. The predicted octanol–water partition coefficient (Wildman–Crippen LogP) is 3.39. The van der Waals surface area contributed by atoms with Crippen LogP contribution in [0.15, 0.2) is 66.5 Å². The second kappa shape index (κ2) is 11.8. The van der Waals surface area contributed by atoms with Crippen molar-refractivity contribution in [3.63, 3.8) is 0 Å². The molecule has 0 fully saturated rings. The summed E-state index contributed by atoms with van der Waals surface area (Å²) in [6, 6.07) is 16.2. The van der Waals surface area contributed by atoms with Crippen molar-refractivity contribution in [2.45, 2.75) is 32.7 Å². The summed E-state index contributed by atoms with van der Waals surface area (Å²) in [5.74, 6) is 0.469. The SMILES string of the molecule is CCc1ccc(CN/C=C(/C(=O)NCc2ccc3c(NC)nccc3c2)[C@H](O)NI)cc1. The molecule has 1 heterocycles. The molecule has 0 aliphatic heterocycles. The fourth-order valence-electron chi connectivity index (χ4n) is 3.32. The molecule has 168 valence electrons. The van der Waals surface area contributed by atoms with Crippen molar-refractivity contribution >= 4 is 45.4 Å². The fourth-order valence-corrected chi connectivity index (χ4v) is 3.66. The number of benzene rings is 2. The van der Waals surface area contributed by atoms with E-state index in [2.05, 4.69) is 55.7 Å². The van der Waals surface area contributed by atoms with Gasteiger partial charge in [0.05, 0.1) is 5.57 Å². The maximum atomic E-state index is 12.8. The highest BCUT2D eigenvalue weighted by Gasteiger charge is 2.17. The van der Waals surface area contributed by atoms with Gasteiger partial charge in [-0.05, 0) is 40.6 Å². The topological polar surface area (TPSA) is 98.3 Å². The fraction of sp³-hybridized carbons (Fsp3) is 0.250. The summed E-state index contributed by atoms with van der Waals surface area (Å²) in [6.07, 6.45) is 3.22. The number of halogens is 1. The Morgan fingerprint density at radius 1 is 1.09 bits per heavy atom. The third-order valence-electron chi connectivity index (χ3n) is 5.17. The minimum absolute atomic E-state index is 0.215. The number of rotatable bonds is 10. The van der Waals surface area contributed by atoms with Gasteiger partial charge in [0.25, 0.3) is 5.91 Å². The highest BCUT2D eigenvalue weighted by atomic mass is 127. The van der Waals surface area contributed by atoms with E-state index in [1.54, 1.807) is 12.4 Å². The molecule has 32 heavy (non-hydrogen) atoms. The molecule has 5 N–H and O–H groups in total. The lowest BCUT2D eigenvalue weighted by Gasteiger charge is -2.15. The monoisotopic (exact) mass is 545 g/mol. The lowest BCUT2D eigenvalue weighted by Crippen LogP contribution is -2.35. The van der Waals surface area contributed by atoms with Crippen LogP contribution in [0.25, 0.3) is 10.8 Å². The summed E-state index contributed by atoms with van der Waals surface area (Å²) < 4.78 is 2.69. The summed E-state index contributed by atoms with van der Waals surface area (Å²) in [5, 5.41) is 21.4. The molecule has 0 unspecified atom stereocenters. The number of nitrogens with one attached hydrogen (secondary N) is 4. The van der Waals surface area contributed by atoms with Crippen LogP contribution in [0.1, 0.15) is 23.6 Å². The smallest absolute Gasteiger partial charge is 0.252 e. The van der Waals surface area contributed by atoms with Gasteiger partial charge in [-0.2, -0.15) is 0 Å². The molecular weight excluding hydrogens is 517 g/mol. The number of amides is 1. The van der Waals surface area contributed by atoms with Crippen LogP contribution >= 0.6 is 22.9 Å². The average molecular weight is 545 g/mol. The molecule has 8 heteroatoms. The van der Waals surface area contributed by atoms with Gasteiger partial charge in [0.1, 0.15) is 12.0 Å². The number of nitrogens with zero attached hydrogens (tertiary/aromatic N) is 1. The summed E-state index contributed by atoms with van der Waals surface area (Å²) in [6.45, 7) is 3.02. The zero-order valence-electron chi connectivity index (χ0n) is 18.2. The summed E-state index contributed by atoms with van der Waals surface area (Å²) in [7, 11) is 1.84. The molecule has 0 aliphatic carbocycles. The van der Waals surface area contributed by atoms with Crippen LogP contribution in [0.4, 0.5) is 5.82 Å². The van der Waals surface area contributed by atoms with E-state index in [0.29, 0.717) is 13.1 Å². The van der Waals surface area contributed by atoms with Gasteiger partial charge in [0.2, 0.25) is 0 Å². The van der Waals surface area contributed by atoms with E-state index in [0.717, 1.165) is 34.1 Å². The number of anilines is 1. The lowest BCUT2D eigenvalue weighted by atomic mass is 10.1. The van der Waals surface area contributed by atoms with Crippen molar-refractivity contribution in [2.24, 2.45) is 0 Å². The highest BCUT2D eigenvalue weighted by Crippen LogP contribution is 2.21. The van der Waals surface area contributed by atoms with E-state index in [4.69, 9.17) is 0 Å². The minimum atomic E-state index is -1.09. The number of hydrogen-bond donors (Lipinski definition) is 5. The molecule has 0 bridgehead atoms. The van der Waals surface area contributed by atoms with Crippen molar-refractivity contribution in [1.29, 1.82) is 0 Å². The predicted molar refractivity (Wildman–Crippen MR) is 137 cm³/mol. The van der Waals surface area contributed by atoms with Gasteiger partial charge >= 0.3 is 0 Å². The summed E-state index contributed by atoms with van der Waals surface area (Å²) in [4.78, 5) is 17.1. The molecule has 0 saturated carbocycles. The normalized spacial score (nSPS) is 12.4. The Hall–Kier alpha value is -2.69. The number of fused-ring (bicyclic) bond motifs is 1. The summed E-state index contributed by atoms with van der Waals surface area (Å²) in [5.41, 5.74) is 3.55. The molecular formula is C24H28IN5O2. The van der Waals surface area contributed by atoms with Crippen LogP contribution in [0.5, 0.6) is 0 Å². The Morgan fingerprint density at radius 3 is 2.50 bits per heavy atom. The van der Waals surface area contributed by atoms with Crippen LogP contribution in [0.3, 0.4) is 0 Å². The van der Waals surface area contributed by atoms with Gasteiger partial charge < -0.3 is 21.1 Å². The van der Waals surface area contributed by atoms with Crippen LogP contribution in [0.2, 0.25) is 0 Å². The lowest BCUT2D eigenvalue weighted by molar-refractivity contribution is -0.118. The van der Waals surface area contributed by atoms with E-state index in [-0.39, 0.29) is 11.5 Å². The van der Waals surface area contributed by atoms with Gasteiger partial charge in [-0.3, -0.25) is 4.79 Å². The number of hydrogen-bond acceptors (Lipinski definition) is 6. The number of carbonyl (C=O) groups excluding carboxylic acids is 1. The summed E-state index contributed by atoms with van der Waals surface area (Å²) >= 11 is 1.83. The number of pyridine rings is 1. The third-order valence-corrected chi connectivity index (χ3v) is 5.76. The largest absolute Gasteiger partial charge is 0.386 e. The highest BCUT2D eigenvalue weighted by molar-refractivity contribution is 14.1. The Kier molecular flexibility index (Phi) is 8.83. The van der Waals surface area contributed by atoms with Gasteiger partial charge in [-0.25, -0.2) is 8.51 Å². The van der Waals surface area contributed by atoms with E-state index in [1.165, 1.54) is 5.56 Å². The quantitative estimate of drug-likeness (QED) is 0.116. The van der Waals surface area contributed by atoms with Crippen LogP contribution in [-0.4, -0.2) is 29.3 Å². The van der Waals surface area contributed by atoms with E-state index >= 15 is 0 Å². The van der Waals surface area contributed by atoms with Crippen molar-refractivity contribution in [3.8, 4) is 0 Å². The number of aryl methyl sites for hydroxylation is 1. The zero-order chi connectivity index (χ0) is 22.9. The molecule has 2 aromatic carbocycles. The van der Waals surface area contributed by atoms with Gasteiger partial charge in [-0.15, -0.1) is 0 Å². The second-order valence-corrected chi connectivity index (χ2v) is 7.93. The number of aliphatic hydroxyl groups is 1. The Bertz CT molecular complexity index is 1090. The standard InChI is InChI=1S/C24H28IN5O2/c1-3-16-4-6-17(7-5-16)13-27-15-21(24(32)30-25)23(31)29-14-18-8-9-20-19(12-18)10-11-28-22(20)26-2/h4-12,15,24,27,30,32H,3,13-14H2,1-2H3,(H,26,28)(H,29,31)/b21-15-/t24-/m0/s1. The van der Waals surface area contributed by atoms with Crippen molar-refractivity contribution in [3.05, 3.63) is 83.2 Å². The first-order valence-corrected chi connectivity index (χ1v) is 11.5. The van der Waals surface area contributed by atoms with E-state index < -0.39 is 6.23 Å². The van der Waals surface area contributed by atoms with Crippen molar-refractivity contribution in [1.82, 2.24) is 19.1 Å². The van der Waals surface area contributed by atoms with Crippen molar-refractivity contribution in [2.75, 3.05) is 12.4 Å². The van der Waals surface area contributed by atoms with Gasteiger partial charge in [0.15, 0.2) is 0 Å². The molecule has 0 radical (unpaired) electrons. The molecule has 1 atom stereocenters. The maximum Gasteiger partial charge on any atom is 0.252 e. The minimum Gasteiger partial charge on any atom is -0.386 e.